The second kappa shape index (κ2) is 11.4. The van der Waals surface area contributed by atoms with E-state index in [1.165, 1.54) is 0 Å². The van der Waals surface area contributed by atoms with Crippen molar-refractivity contribution >= 4 is 23.4 Å². The van der Waals surface area contributed by atoms with E-state index < -0.39 is 6.04 Å². The molecule has 2 aromatic carbocycles. The Kier molecular flexibility index (Phi) is 8.38. The zero-order valence-electron chi connectivity index (χ0n) is 18.8. The summed E-state index contributed by atoms with van der Waals surface area (Å²) in [6, 6.07) is 15.3. The van der Waals surface area contributed by atoms with Gasteiger partial charge in [-0.3, -0.25) is 9.59 Å². The lowest BCUT2D eigenvalue weighted by molar-refractivity contribution is -0.140. The molecule has 3 aromatic rings. The molecule has 0 aliphatic heterocycles. The van der Waals surface area contributed by atoms with Gasteiger partial charge in [0.1, 0.15) is 11.8 Å². The Labute approximate surface area is 198 Å². The predicted octanol–water partition coefficient (Wildman–Crippen LogP) is 4.23. The van der Waals surface area contributed by atoms with E-state index >= 15 is 0 Å². The molecule has 1 atom stereocenters. The quantitative estimate of drug-likeness (QED) is 0.479. The van der Waals surface area contributed by atoms with E-state index in [1.54, 1.807) is 74.8 Å². The smallest absolute Gasteiger partial charge is 0.242 e. The molecule has 7 nitrogen and oxygen atoms in total. The molecule has 1 heterocycles. The van der Waals surface area contributed by atoms with Crippen LogP contribution in [0, 0.1) is 0 Å². The average Bonchev–Trinajstić information content (AvgIpc) is 3.35. The molecule has 0 bridgehead atoms. The van der Waals surface area contributed by atoms with E-state index in [4.69, 9.17) is 25.5 Å². The number of hydrogen-bond acceptors (Lipinski definition) is 5. The van der Waals surface area contributed by atoms with Gasteiger partial charge in [0.25, 0.3) is 0 Å². The van der Waals surface area contributed by atoms with Crippen molar-refractivity contribution in [3.63, 3.8) is 0 Å². The second-order valence-electron chi connectivity index (χ2n) is 7.49. The van der Waals surface area contributed by atoms with Crippen LogP contribution in [0.3, 0.4) is 0 Å². The van der Waals surface area contributed by atoms with Gasteiger partial charge in [-0.2, -0.15) is 0 Å². The predicted molar refractivity (Wildman–Crippen MR) is 125 cm³/mol. The molecule has 3 rings (SSSR count). The lowest BCUT2D eigenvalue weighted by atomic mass is 10.1. The molecule has 0 saturated heterocycles. The summed E-state index contributed by atoms with van der Waals surface area (Å²) in [5.41, 5.74) is 1.62. The van der Waals surface area contributed by atoms with Crippen molar-refractivity contribution in [2.45, 2.75) is 32.5 Å². The molecule has 0 radical (unpaired) electrons. The minimum Gasteiger partial charge on any atom is -0.493 e. The molecular weight excluding hydrogens is 444 g/mol. The zero-order chi connectivity index (χ0) is 23.8. The molecule has 2 amide bonds. The standard InChI is InChI=1S/C25H27ClN2O5/c1-17(25(30)27-15-21-5-4-12-33-21)28(16-18-6-9-20(26)10-7-18)24(29)14-19-8-11-22(31-2)23(13-19)32-3/h4-13,17H,14-16H2,1-3H3,(H,27,30)/t17-/m1/s1. The Hall–Kier alpha value is -3.45. The number of furan rings is 1. The molecule has 0 spiro atoms. The fourth-order valence-electron chi connectivity index (χ4n) is 3.37. The lowest BCUT2D eigenvalue weighted by Gasteiger charge is -2.29. The number of benzene rings is 2. The van der Waals surface area contributed by atoms with Crippen LogP contribution in [0.2, 0.25) is 5.02 Å². The van der Waals surface area contributed by atoms with Gasteiger partial charge >= 0.3 is 0 Å². The molecule has 1 aromatic heterocycles. The first-order valence-electron chi connectivity index (χ1n) is 10.5. The number of ether oxygens (including phenoxy) is 2. The Morgan fingerprint density at radius 2 is 1.73 bits per heavy atom. The van der Waals surface area contributed by atoms with Crippen LogP contribution in [0.25, 0.3) is 0 Å². The van der Waals surface area contributed by atoms with E-state index in [2.05, 4.69) is 5.32 Å². The fourth-order valence-corrected chi connectivity index (χ4v) is 3.50. The third kappa shape index (κ3) is 6.52. The van der Waals surface area contributed by atoms with Gasteiger partial charge in [-0.25, -0.2) is 0 Å². The number of halogens is 1. The minimum absolute atomic E-state index is 0.101. The highest BCUT2D eigenvalue weighted by molar-refractivity contribution is 6.30. The van der Waals surface area contributed by atoms with Crippen molar-refractivity contribution in [3.05, 3.63) is 82.8 Å². The van der Waals surface area contributed by atoms with Gasteiger partial charge in [0.15, 0.2) is 11.5 Å². The highest BCUT2D eigenvalue weighted by Gasteiger charge is 2.26. The topological polar surface area (TPSA) is 81.0 Å². The highest BCUT2D eigenvalue weighted by Crippen LogP contribution is 2.28. The summed E-state index contributed by atoms with van der Waals surface area (Å²) in [5.74, 6) is 1.28. The fraction of sp³-hybridized carbons (Fsp3) is 0.280. The van der Waals surface area contributed by atoms with Crippen LogP contribution in [-0.4, -0.2) is 37.0 Å². The maximum absolute atomic E-state index is 13.3. The summed E-state index contributed by atoms with van der Waals surface area (Å²) < 4.78 is 15.9. The summed E-state index contributed by atoms with van der Waals surface area (Å²) in [6.45, 7) is 2.22. The van der Waals surface area contributed by atoms with Crippen LogP contribution >= 0.6 is 11.6 Å². The third-order valence-electron chi connectivity index (χ3n) is 5.25. The van der Waals surface area contributed by atoms with Crippen molar-refractivity contribution < 1.29 is 23.5 Å². The molecule has 0 unspecified atom stereocenters. The number of methoxy groups -OCH3 is 2. The number of nitrogens with one attached hydrogen (secondary N) is 1. The molecule has 33 heavy (non-hydrogen) atoms. The van der Waals surface area contributed by atoms with Crippen LogP contribution in [0.1, 0.15) is 23.8 Å². The summed E-state index contributed by atoms with van der Waals surface area (Å²) in [6.07, 6.45) is 1.65. The van der Waals surface area contributed by atoms with Crippen molar-refractivity contribution in [1.82, 2.24) is 10.2 Å². The molecule has 174 valence electrons. The van der Waals surface area contributed by atoms with Crippen molar-refractivity contribution in [3.8, 4) is 11.5 Å². The van der Waals surface area contributed by atoms with E-state index in [0.717, 1.165) is 11.1 Å². The van der Waals surface area contributed by atoms with Crippen molar-refractivity contribution in [2.75, 3.05) is 14.2 Å². The summed E-state index contributed by atoms with van der Waals surface area (Å²) in [4.78, 5) is 27.8. The van der Waals surface area contributed by atoms with Crippen LogP contribution in [0.5, 0.6) is 11.5 Å². The molecular formula is C25H27ClN2O5. The molecule has 0 saturated carbocycles. The molecule has 0 fully saturated rings. The summed E-state index contributed by atoms with van der Waals surface area (Å²) >= 11 is 6.00. The Bertz CT molecular complexity index is 1070. The Balaban J connectivity index is 1.78. The van der Waals surface area contributed by atoms with Crippen LogP contribution in [-0.2, 0) is 29.1 Å². The number of nitrogens with zero attached hydrogens (tertiary/aromatic N) is 1. The molecule has 0 aliphatic carbocycles. The maximum Gasteiger partial charge on any atom is 0.242 e. The Morgan fingerprint density at radius 1 is 1.03 bits per heavy atom. The van der Waals surface area contributed by atoms with E-state index in [-0.39, 0.29) is 31.3 Å². The zero-order valence-corrected chi connectivity index (χ0v) is 19.6. The van der Waals surface area contributed by atoms with Gasteiger partial charge in [-0.15, -0.1) is 0 Å². The maximum atomic E-state index is 13.3. The average molecular weight is 471 g/mol. The second-order valence-corrected chi connectivity index (χ2v) is 7.92. The van der Waals surface area contributed by atoms with Gasteiger partial charge in [-0.1, -0.05) is 29.8 Å². The SMILES string of the molecule is COc1ccc(CC(=O)N(Cc2ccc(Cl)cc2)[C@H](C)C(=O)NCc2ccco2)cc1OC. The van der Waals surface area contributed by atoms with Crippen molar-refractivity contribution in [1.29, 1.82) is 0 Å². The van der Waals surface area contributed by atoms with Crippen LogP contribution in [0.4, 0.5) is 0 Å². The first kappa shape index (κ1) is 24.2. The monoisotopic (exact) mass is 470 g/mol. The van der Waals surface area contributed by atoms with Crippen LogP contribution < -0.4 is 14.8 Å². The number of hydrogen-bond donors (Lipinski definition) is 1. The lowest BCUT2D eigenvalue weighted by Crippen LogP contribution is -2.47. The molecule has 8 heteroatoms. The van der Waals surface area contributed by atoms with E-state index in [0.29, 0.717) is 22.3 Å². The summed E-state index contributed by atoms with van der Waals surface area (Å²) in [7, 11) is 3.10. The van der Waals surface area contributed by atoms with Gasteiger partial charge in [-0.05, 0) is 54.4 Å². The number of amides is 2. The highest BCUT2D eigenvalue weighted by atomic mass is 35.5. The summed E-state index contributed by atoms with van der Waals surface area (Å²) in [5, 5.41) is 3.43. The van der Waals surface area contributed by atoms with Gasteiger partial charge < -0.3 is 24.1 Å². The first-order valence-corrected chi connectivity index (χ1v) is 10.8. The van der Waals surface area contributed by atoms with Gasteiger partial charge in [0.2, 0.25) is 11.8 Å². The Morgan fingerprint density at radius 3 is 2.36 bits per heavy atom. The van der Waals surface area contributed by atoms with E-state index in [9.17, 15) is 9.59 Å². The van der Waals surface area contributed by atoms with Crippen LogP contribution in [0.15, 0.2) is 65.3 Å². The van der Waals surface area contributed by atoms with Gasteiger partial charge in [0.05, 0.1) is 33.4 Å². The minimum atomic E-state index is -0.705. The third-order valence-corrected chi connectivity index (χ3v) is 5.51. The molecule has 1 N–H and O–H groups in total. The number of carbonyl (C=O) groups excluding carboxylic acids is 2. The van der Waals surface area contributed by atoms with E-state index in [1.807, 2.05) is 12.1 Å². The number of carbonyl (C=O) groups is 2. The normalized spacial score (nSPS) is 11.5. The van der Waals surface area contributed by atoms with Gasteiger partial charge in [0, 0.05) is 11.6 Å². The van der Waals surface area contributed by atoms with Crippen molar-refractivity contribution in [2.24, 2.45) is 0 Å². The largest absolute Gasteiger partial charge is 0.493 e. The number of rotatable bonds is 10. The molecule has 0 aliphatic rings. The first-order chi connectivity index (χ1) is 15.9.